The number of hydrogen-bond donors (Lipinski definition) is 2. The van der Waals surface area contributed by atoms with Gasteiger partial charge in [0.25, 0.3) is 0 Å². The number of aliphatic hydroxyl groups is 1. The van der Waals surface area contributed by atoms with Crippen LogP contribution < -0.4 is 0 Å². The zero-order valence-corrected chi connectivity index (χ0v) is 21.5. The topological polar surface area (TPSA) is 82.5 Å². The first-order valence-corrected chi connectivity index (χ1v) is 12.0. The van der Waals surface area contributed by atoms with Gasteiger partial charge in [-0.25, -0.2) is 4.79 Å². The smallest absolute Gasteiger partial charge is 0.413 e. The highest BCUT2D eigenvalue weighted by Crippen LogP contribution is 2.43. The summed E-state index contributed by atoms with van der Waals surface area (Å²) >= 11 is 0. The summed E-state index contributed by atoms with van der Waals surface area (Å²) in [4.78, 5) is 14.5. The largest absolute Gasteiger partial charge is 0.444 e. The van der Waals surface area contributed by atoms with Crippen molar-refractivity contribution in [3.05, 3.63) is 35.4 Å². The first-order valence-electron chi connectivity index (χ1n) is 12.0. The van der Waals surface area contributed by atoms with Gasteiger partial charge in [-0.3, -0.25) is 4.90 Å². The molecular formula is C26H42N2O5. The first-order chi connectivity index (χ1) is 15.1. The van der Waals surface area contributed by atoms with Crippen LogP contribution in [0.5, 0.6) is 0 Å². The molecule has 0 bridgehead atoms. The van der Waals surface area contributed by atoms with Crippen LogP contribution in [0.1, 0.15) is 91.9 Å². The number of aliphatic hydroxyl groups excluding tert-OH is 1. The Bertz CT molecular complexity index is 862. The Balaban J connectivity index is 1.87. The number of benzene rings is 1. The fourth-order valence-electron chi connectivity index (χ4n) is 5.44. The van der Waals surface area contributed by atoms with Gasteiger partial charge in [-0.15, -0.1) is 0 Å². The van der Waals surface area contributed by atoms with E-state index in [0.717, 1.165) is 30.4 Å². The van der Waals surface area contributed by atoms with Crippen molar-refractivity contribution < 1.29 is 24.6 Å². The van der Waals surface area contributed by atoms with Crippen LogP contribution in [-0.4, -0.2) is 61.4 Å². The van der Waals surface area contributed by atoms with E-state index in [4.69, 9.17) is 9.47 Å². The number of nitrogens with zero attached hydrogens (tertiary/aromatic N) is 2. The zero-order valence-electron chi connectivity index (χ0n) is 21.5. The van der Waals surface area contributed by atoms with Crippen molar-refractivity contribution in [3.8, 4) is 0 Å². The summed E-state index contributed by atoms with van der Waals surface area (Å²) < 4.78 is 11.9. The van der Waals surface area contributed by atoms with Gasteiger partial charge in [0, 0.05) is 11.1 Å². The molecule has 2 aliphatic heterocycles. The lowest BCUT2D eigenvalue weighted by molar-refractivity contribution is -0.247. The number of hydroxylamine groups is 2. The maximum Gasteiger partial charge on any atom is 0.413 e. The molecule has 3 rings (SSSR count). The molecule has 0 aromatic heterocycles. The van der Waals surface area contributed by atoms with Gasteiger partial charge in [0.15, 0.2) is 0 Å². The van der Waals surface area contributed by atoms with E-state index in [1.165, 1.54) is 9.96 Å². The maximum atomic E-state index is 13.0. The average molecular weight is 463 g/mol. The van der Waals surface area contributed by atoms with Crippen LogP contribution in [0.2, 0.25) is 0 Å². The quantitative estimate of drug-likeness (QED) is 0.652. The maximum absolute atomic E-state index is 13.0. The predicted octanol–water partition coefficient (Wildman–Crippen LogP) is 5.05. The molecule has 2 heterocycles. The van der Waals surface area contributed by atoms with Crippen LogP contribution in [0.25, 0.3) is 0 Å². The molecule has 3 atom stereocenters. The van der Waals surface area contributed by atoms with E-state index in [9.17, 15) is 15.1 Å². The fraction of sp³-hybridized carbons (Fsp3) is 0.731. The van der Waals surface area contributed by atoms with E-state index >= 15 is 0 Å². The Morgan fingerprint density at radius 3 is 2.45 bits per heavy atom. The third kappa shape index (κ3) is 5.37. The molecule has 1 aromatic carbocycles. The molecule has 0 saturated carbocycles. The first kappa shape index (κ1) is 25.9. The molecule has 1 amide bonds. The summed E-state index contributed by atoms with van der Waals surface area (Å²) in [6, 6.07) is 7.51. The third-order valence-electron chi connectivity index (χ3n) is 6.91. The molecule has 2 saturated heterocycles. The summed E-state index contributed by atoms with van der Waals surface area (Å²) in [6.07, 6.45) is 2.64. The van der Waals surface area contributed by atoms with Crippen LogP contribution in [0, 0.1) is 0 Å². The Labute approximate surface area is 198 Å². The fourth-order valence-corrected chi connectivity index (χ4v) is 5.44. The van der Waals surface area contributed by atoms with E-state index in [-0.39, 0.29) is 17.7 Å². The number of amides is 1. The normalized spacial score (nSPS) is 29.8. The molecule has 7 nitrogen and oxygen atoms in total. The van der Waals surface area contributed by atoms with Crippen LogP contribution in [0.3, 0.4) is 0 Å². The molecule has 2 aliphatic rings. The van der Waals surface area contributed by atoms with Crippen LogP contribution in [-0.2, 0) is 15.9 Å². The molecule has 1 unspecified atom stereocenters. The zero-order chi connectivity index (χ0) is 24.8. The lowest BCUT2D eigenvalue weighted by Gasteiger charge is -2.50. The molecule has 186 valence electrons. The third-order valence-corrected chi connectivity index (χ3v) is 6.91. The van der Waals surface area contributed by atoms with Gasteiger partial charge in [0.05, 0.1) is 12.6 Å². The summed E-state index contributed by atoms with van der Waals surface area (Å²) in [6.45, 7) is 15.1. The van der Waals surface area contributed by atoms with Crippen molar-refractivity contribution in [3.63, 3.8) is 0 Å². The van der Waals surface area contributed by atoms with E-state index < -0.39 is 29.6 Å². The minimum absolute atomic E-state index is 0.242. The number of rotatable bonds is 4. The van der Waals surface area contributed by atoms with Crippen molar-refractivity contribution in [2.45, 2.75) is 116 Å². The summed E-state index contributed by atoms with van der Waals surface area (Å²) in [5.74, 6) is 0. The highest BCUT2D eigenvalue weighted by molar-refractivity contribution is 5.70. The van der Waals surface area contributed by atoms with E-state index in [1.807, 2.05) is 46.8 Å². The molecule has 2 fully saturated rings. The number of piperidine rings is 1. The van der Waals surface area contributed by atoms with Crippen molar-refractivity contribution in [1.82, 2.24) is 9.96 Å². The van der Waals surface area contributed by atoms with Gasteiger partial charge >= 0.3 is 6.09 Å². The van der Waals surface area contributed by atoms with E-state index in [1.54, 1.807) is 0 Å². The Morgan fingerprint density at radius 1 is 1.18 bits per heavy atom. The number of carbonyl (C=O) groups is 1. The molecule has 33 heavy (non-hydrogen) atoms. The van der Waals surface area contributed by atoms with Crippen molar-refractivity contribution in [2.75, 3.05) is 6.61 Å². The Morgan fingerprint density at radius 2 is 1.85 bits per heavy atom. The Kier molecular flexibility index (Phi) is 6.95. The highest BCUT2D eigenvalue weighted by atomic mass is 16.6. The number of carbonyl (C=O) groups excluding carboxylic acids is 1. The Hall–Kier alpha value is -1.67. The lowest BCUT2D eigenvalue weighted by Crippen LogP contribution is -2.59. The van der Waals surface area contributed by atoms with Crippen LogP contribution >= 0.6 is 0 Å². The average Bonchev–Trinajstić information content (AvgIpc) is 2.95. The molecule has 0 radical (unpaired) electrons. The molecule has 1 aromatic rings. The van der Waals surface area contributed by atoms with Crippen LogP contribution in [0.4, 0.5) is 4.79 Å². The second-order valence-corrected chi connectivity index (χ2v) is 12.0. The summed E-state index contributed by atoms with van der Waals surface area (Å²) in [7, 11) is 0. The van der Waals surface area contributed by atoms with Gasteiger partial charge in [0.1, 0.15) is 17.4 Å². The minimum atomic E-state index is -0.933. The monoisotopic (exact) mass is 462 g/mol. The minimum Gasteiger partial charge on any atom is -0.444 e. The molecule has 7 heteroatoms. The second kappa shape index (κ2) is 8.84. The summed E-state index contributed by atoms with van der Waals surface area (Å²) in [5, 5.41) is 22.7. The second-order valence-electron chi connectivity index (χ2n) is 12.0. The number of hydrogen-bond acceptors (Lipinski definition) is 6. The molecule has 2 N–H and O–H groups in total. The van der Waals surface area contributed by atoms with Crippen LogP contribution in [0.15, 0.2) is 24.3 Å². The van der Waals surface area contributed by atoms with E-state index in [2.05, 4.69) is 32.9 Å². The molecular weight excluding hydrogens is 420 g/mol. The summed E-state index contributed by atoms with van der Waals surface area (Å²) in [5.41, 5.74) is -0.231. The lowest BCUT2D eigenvalue weighted by atomic mass is 9.77. The van der Waals surface area contributed by atoms with Gasteiger partial charge in [-0.05, 0) is 92.2 Å². The SMILES string of the molecule is CC(C)(C)OC(=O)N1[C@H](CO)[C@@H](c2cccc(CC3(C)CCCC(C)(C)N3O)c2)OC1(C)C. The van der Waals surface area contributed by atoms with Crippen molar-refractivity contribution in [2.24, 2.45) is 0 Å². The predicted molar refractivity (Wildman–Crippen MR) is 127 cm³/mol. The van der Waals surface area contributed by atoms with Gasteiger partial charge in [0.2, 0.25) is 0 Å². The molecule has 0 aliphatic carbocycles. The van der Waals surface area contributed by atoms with Crippen molar-refractivity contribution in [1.29, 1.82) is 0 Å². The van der Waals surface area contributed by atoms with Gasteiger partial charge < -0.3 is 19.8 Å². The highest BCUT2D eigenvalue weighted by Gasteiger charge is 2.51. The van der Waals surface area contributed by atoms with Crippen molar-refractivity contribution >= 4 is 6.09 Å². The van der Waals surface area contributed by atoms with Gasteiger partial charge in [-0.1, -0.05) is 24.3 Å². The van der Waals surface area contributed by atoms with Gasteiger partial charge in [-0.2, -0.15) is 5.06 Å². The standard InChI is InChI=1S/C26H42N2O5/c1-23(2,3)33-22(30)27-20(17-29)21(32-25(27,6)7)19-12-9-11-18(15-19)16-26(8)14-10-13-24(4,5)28(26)31/h9,11-12,15,20-21,29,31H,10,13-14,16-17H2,1-8H3/t20-,21-,26?/m1/s1. The van der Waals surface area contributed by atoms with E-state index in [0.29, 0.717) is 6.42 Å². The molecule has 0 spiro atoms. The number of ether oxygens (including phenoxy) is 2.